The molecule has 1 atom stereocenters. The van der Waals surface area contributed by atoms with Crippen molar-refractivity contribution in [3.63, 3.8) is 0 Å². The molecule has 0 aromatic carbocycles. The van der Waals surface area contributed by atoms with Gasteiger partial charge in [0.25, 0.3) is 5.91 Å². The third kappa shape index (κ3) is 2.26. The molecule has 2 aliphatic rings. The lowest BCUT2D eigenvalue weighted by molar-refractivity contribution is -0.138. The van der Waals surface area contributed by atoms with Crippen LogP contribution < -0.4 is 5.32 Å². The number of hydrogen-bond donors (Lipinski definition) is 1. The van der Waals surface area contributed by atoms with E-state index < -0.39 is 17.6 Å². The highest BCUT2D eigenvalue weighted by Gasteiger charge is 2.53. The summed E-state index contributed by atoms with van der Waals surface area (Å²) in [5.41, 5.74) is -0.744. The van der Waals surface area contributed by atoms with Crippen LogP contribution in [-0.4, -0.2) is 34.2 Å². The van der Waals surface area contributed by atoms with Crippen LogP contribution in [0, 0.1) is 5.92 Å². The largest absolute Gasteiger partial charge is 0.325 e. The molecule has 106 valence electrons. The highest BCUT2D eigenvalue weighted by molar-refractivity contribution is 6.10. The Morgan fingerprint density at radius 2 is 2.00 bits per heavy atom. The second-order valence-electron chi connectivity index (χ2n) is 5.87. The minimum absolute atomic E-state index is 0.0790. The molecule has 0 aromatic heterocycles. The normalized spacial score (nSPS) is 32.6. The van der Waals surface area contributed by atoms with E-state index in [0.29, 0.717) is 25.2 Å². The molecule has 19 heavy (non-hydrogen) atoms. The van der Waals surface area contributed by atoms with E-state index in [9.17, 15) is 14.4 Å². The molecule has 1 saturated carbocycles. The highest BCUT2D eigenvalue weighted by atomic mass is 16.2. The Morgan fingerprint density at radius 3 is 2.53 bits per heavy atom. The zero-order chi connectivity index (χ0) is 14.2. The fraction of sp³-hybridized carbons (Fsp3) is 0.786. The summed E-state index contributed by atoms with van der Waals surface area (Å²) in [6.07, 6.45) is 3.58. The summed E-state index contributed by atoms with van der Waals surface area (Å²) in [4.78, 5) is 37.5. The number of carbonyl (C=O) groups excluding carboxylic acids is 3. The Bertz CT molecular complexity index is 411. The van der Waals surface area contributed by atoms with Crippen LogP contribution in [0.5, 0.6) is 0 Å². The van der Waals surface area contributed by atoms with Gasteiger partial charge in [-0.3, -0.25) is 14.5 Å². The summed E-state index contributed by atoms with van der Waals surface area (Å²) in [7, 11) is 0. The summed E-state index contributed by atoms with van der Waals surface area (Å²) in [5.74, 6) is 0.308. The number of ketones is 1. The number of amides is 3. The van der Waals surface area contributed by atoms with Crippen LogP contribution in [0.3, 0.4) is 0 Å². The van der Waals surface area contributed by atoms with Gasteiger partial charge in [-0.15, -0.1) is 0 Å². The van der Waals surface area contributed by atoms with Gasteiger partial charge in [-0.1, -0.05) is 13.8 Å². The number of urea groups is 1. The first-order valence-electron chi connectivity index (χ1n) is 7.10. The first-order valence-corrected chi connectivity index (χ1v) is 7.10. The molecule has 0 radical (unpaired) electrons. The van der Waals surface area contributed by atoms with Crippen molar-refractivity contribution in [2.75, 3.05) is 0 Å². The summed E-state index contributed by atoms with van der Waals surface area (Å²) >= 11 is 0. The Labute approximate surface area is 113 Å². The van der Waals surface area contributed by atoms with Crippen LogP contribution in [0.25, 0.3) is 0 Å². The number of hydrogen-bond acceptors (Lipinski definition) is 3. The third-order valence-corrected chi connectivity index (χ3v) is 4.52. The Hall–Kier alpha value is -1.39. The predicted octanol–water partition coefficient (Wildman–Crippen LogP) is 1.85. The molecule has 0 bridgehead atoms. The number of imide groups is 1. The van der Waals surface area contributed by atoms with E-state index in [1.165, 1.54) is 0 Å². The molecule has 0 aromatic rings. The SMILES string of the molecule is CCC(=O)C(C)N1C(=O)NC2(CCC(C)CC2)C1=O. The van der Waals surface area contributed by atoms with E-state index in [4.69, 9.17) is 0 Å². The molecule has 1 saturated heterocycles. The van der Waals surface area contributed by atoms with Gasteiger partial charge in [0.05, 0.1) is 6.04 Å². The molecule has 2 fully saturated rings. The van der Waals surface area contributed by atoms with Gasteiger partial charge in [-0.25, -0.2) is 4.79 Å². The lowest BCUT2D eigenvalue weighted by atomic mass is 9.77. The molecule has 5 nitrogen and oxygen atoms in total. The van der Waals surface area contributed by atoms with Gasteiger partial charge >= 0.3 is 6.03 Å². The average molecular weight is 266 g/mol. The predicted molar refractivity (Wildman–Crippen MR) is 70.5 cm³/mol. The fourth-order valence-electron chi connectivity index (χ4n) is 3.03. The first-order chi connectivity index (χ1) is 8.91. The van der Waals surface area contributed by atoms with Crippen LogP contribution in [0.4, 0.5) is 4.79 Å². The van der Waals surface area contributed by atoms with Crippen molar-refractivity contribution in [3.05, 3.63) is 0 Å². The minimum atomic E-state index is -0.744. The van der Waals surface area contributed by atoms with Gasteiger partial charge in [-0.2, -0.15) is 0 Å². The summed E-state index contributed by atoms with van der Waals surface area (Å²) in [6.45, 7) is 5.54. The number of carbonyl (C=O) groups is 3. The van der Waals surface area contributed by atoms with Crippen molar-refractivity contribution in [1.82, 2.24) is 10.2 Å². The standard InChI is InChI=1S/C14H22N2O3/c1-4-11(17)10(3)16-12(18)14(15-13(16)19)7-5-9(2)6-8-14/h9-10H,4-8H2,1-3H3,(H,15,19). The van der Waals surface area contributed by atoms with Gasteiger partial charge in [0.2, 0.25) is 0 Å². The quantitative estimate of drug-likeness (QED) is 0.793. The topological polar surface area (TPSA) is 66.5 Å². The van der Waals surface area contributed by atoms with Crippen LogP contribution in [0.1, 0.15) is 52.9 Å². The minimum Gasteiger partial charge on any atom is -0.323 e. The van der Waals surface area contributed by atoms with E-state index in [1.807, 2.05) is 0 Å². The van der Waals surface area contributed by atoms with Crippen molar-refractivity contribution in [2.45, 2.75) is 64.5 Å². The van der Waals surface area contributed by atoms with E-state index in [0.717, 1.165) is 17.7 Å². The van der Waals surface area contributed by atoms with Gasteiger partial charge in [0.15, 0.2) is 5.78 Å². The number of nitrogens with zero attached hydrogens (tertiary/aromatic N) is 1. The van der Waals surface area contributed by atoms with Crippen LogP contribution in [-0.2, 0) is 9.59 Å². The van der Waals surface area contributed by atoms with Crippen LogP contribution in [0.15, 0.2) is 0 Å². The highest BCUT2D eigenvalue weighted by Crippen LogP contribution is 2.36. The van der Waals surface area contributed by atoms with E-state index in [1.54, 1.807) is 13.8 Å². The second kappa shape index (κ2) is 4.94. The Balaban J connectivity index is 2.19. The Kier molecular flexibility index (Phi) is 3.65. The van der Waals surface area contributed by atoms with Crippen molar-refractivity contribution >= 4 is 17.7 Å². The number of rotatable bonds is 3. The average Bonchev–Trinajstić information content (AvgIpc) is 2.63. The molecular formula is C14H22N2O3. The smallest absolute Gasteiger partial charge is 0.323 e. The summed E-state index contributed by atoms with van der Waals surface area (Å²) < 4.78 is 0. The molecule has 1 aliphatic heterocycles. The number of nitrogens with one attached hydrogen (secondary N) is 1. The van der Waals surface area contributed by atoms with Gasteiger partial charge in [0, 0.05) is 6.42 Å². The van der Waals surface area contributed by atoms with Crippen molar-refractivity contribution in [1.29, 1.82) is 0 Å². The maximum absolute atomic E-state index is 12.6. The summed E-state index contributed by atoms with van der Waals surface area (Å²) in [5, 5.41) is 2.83. The molecule has 1 unspecified atom stereocenters. The van der Waals surface area contributed by atoms with Gasteiger partial charge in [-0.05, 0) is 38.5 Å². The monoisotopic (exact) mass is 266 g/mol. The van der Waals surface area contributed by atoms with Crippen LogP contribution in [0.2, 0.25) is 0 Å². The van der Waals surface area contributed by atoms with Crippen LogP contribution >= 0.6 is 0 Å². The zero-order valence-corrected chi connectivity index (χ0v) is 11.9. The first kappa shape index (κ1) is 14.0. The maximum atomic E-state index is 12.6. The Morgan fingerprint density at radius 1 is 1.42 bits per heavy atom. The number of Topliss-reactive ketones (excluding diaryl/α,β-unsaturated/α-hetero) is 1. The lowest BCUT2D eigenvalue weighted by Crippen LogP contribution is -2.50. The van der Waals surface area contributed by atoms with Crippen molar-refractivity contribution in [3.8, 4) is 0 Å². The molecule has 1 aliphatic carbocycles. The van der Waals surface area contributed by atoms with Crippen molar-refractivity contribution in [2.24, 2.45) is 5.92 Å². The molecule has 3 amide bonds. The molecule has 1 heterocycles. The molecule has 5 heteroatoms. The molecule has 1 spiro atoms. The molecule has 1 N–H and O–H groups in total. The lowest BCUT2D eigenvalue weighted by Gasteiger charge is -2.34. The molecule has 2 rings (SSSR count). The van der Waals surface area contributed by atoms with Gasteiger partial charge in [0.1, 0.15) is 5.54 Å². The summed E-state index contributed by atoms with van der Waals surface area (Å²) in [6, 6.07) is -1.06. The van der Waals surface area contributed by atoms with E-state index in [2.05, 4.69) is 12.2 Å². The molecular weight excluding hydrogens is 244 g/mol. The van der Waals surface area contributed by atoms with Crippen molar-refractivity contribution < 1.29 is 14.4 Å². The maximum Gasteiger partial charge on any atom is 0.325 e. The third-order valence-electron chi connectivity index (χ3n) is 4.52. The van der Waals surface area contributed by atoms with E-state index in [-0.39, 0.29) is 11.7 Å². The fourth-order valence-corrected chi connectivity index (χ4v) is 3.03. The van der Waals surface area contributed by atoms with Gasteiger partial charge < -0.3 is 5.32 Å². The van der Waals surface area contributed by atoms with E-state index >= 15 is 0 Å². The second-order valence-corrected chi connectivity index (χ2v) is 5.87. The zero-order valence-electron chi connectivity index (χ0n) is 11.9.